The van der Waals surface area contributed by atoms with Crippen LogP contribution in [0.5, 0.6) is 5.88 Å². The van der Waals surface area contributed by atoms with Crippen molar-refractivity contribution in [1.29, 1.82) is 0 Å². The van der Waals surface area contributed by atoms with Gasteiger partial charge in [-0.3, -0.25) is 14.8 Å². The summed E-state index contributed by atoms with van der Waals surface area (Å²) in [4.78, 5) is 28.0. The molecule has 1 aromatic carbocycles. The summed E-state index contributed by atoms with van der Waals surface area (Å²) >= 11 is 0. The van der Waals surface area contributed by atoms with Gasteiger partial charge in [-0.25, -0.2) is 4.79 Å². The Morgan fingerprint density at radius 2 is 1.78 bits per heavy atom. The van der Waals surface area contributed by atoms with Gasteiger partial charge in [-0.15, -0.1) is 0 Å². The van der Waals surface area contributed by atoms with Gasteiger partial charge in [0.25, 0.3) is 5.56 Å². The molecule has 18 heavy (non-hydrogen) atoms. The van der Waals surface area contributed by atoms with Crippen molar-refractivity contribution in [1.82, 2.24) is 9.97 Å². The van der Waals surface area contributed by atoms with E-state index in [-0.39, 0.29) is 12.0 Å². The van der Waals surface area contributed by atoms with Crippen LogP contribution in [-0.4, -0.2) is 16.1 Å². The van der Waals surface area contributed by atoms with Crippen LogP contribution in [-0.2, 0) is 0 Å². The van der Waals surface area contributed by atoms with Crippen LogP contribution in [0.15, 0.2) is 39.9 Å². The largest absolute Gasteiger partial charge is 0.475 e. The van der Waals surface area contributed by atoms with E-state index in [1.54, 1.807) is 0 Å². The number of H-pyrrole nitrogens is 2. The van der Waals surface area contributed by atoms with Gasteiger partial charge >= 0.3 is 5.69 Å². The summed E-state index contributed by atoms with van der Waals surface area (Å²) in [6.07, 6.45) is 2.04. The van der Waals surface area contributed by atoms with Gasteiger partial charge in [-0.1, -0.05) is 30.3 Å². The Kier molecular flexibility index (Phi) is 2.51. The molecule has 2 aromatic rings. The van der Waals surface area contributed by atoms with Crippen LogP contribution in [0.1, 0.15) is 12.8 Å². The predicted molar refractivity (Wildman–Crippen MR) is 66.8 cm³/mol. The first kappa shape index (κ1) is 10.8. The molecule has 0 saturated heterocycles. The zero-order valence-electron chi connectivity index (χ0n) is 9.60. The van der Waals surface area contributed by atoms with Crippen molar-refractivity contribution in [3.63, 3.8) is 0 Å². The molecule has 5 heteroatoms. The summed E-state index contributed by atoms with van der Waals surface area (Å²) in [5.74, 6) is 0.262. The standard InChI is InChI=1S/C13H12N2O3/c16-11-10(8-4-2-1-3-5-8)12(15-13(17)14-11)18-9-6-7-9/h1-5,9H,6-7H2,(H2,14,15,16,17). The summed E-state index contributed by atoms with van der Waals surface area (Å²) in [5.41, 5.74) is 0.128. The number of nitrogens with one attached hydrogen (secondary N) is 2. The Hall–Kier alpha value is -2.30. The summed E-state index contributed by atoms with van der Waals surface area (Å²) in [6, 6.07) is 9.15. The lowest BCUT2D eigenvalue weighted by molar-refractivity contribution is 0.290. The Morgan fingerprint density at radius 3 is 2.44 bits per heavy atom. The molecule has 0 bridgehead atoms. The van der Waals surface area contributed by atoms with Crippen molar-refractivity contribution in [2.75, 3.05) is 0 Å². The minimum atomic E-state index is -0.546. The monoisotopic (exact) mass is 244 g/mol. The van der Waals surface area contributed by atoms with Crippen LogP contribution in [0, 0.1) is 0 Å². The molecule has 0 amide bonds. The van der Waals surface area contributed by atoms with Crippen molar-refractivity contribution in [2.45, 2.75) is 18.9 Å². The van der Waals surface area contributed by atoms with E-state index in [0.29, 0.717) is 5.56 Å². The third-order valence-corrected chi connectivity index (χ3v) is 2.78. The maximum absolute atomic E-state index is 11.9. The summed E-state index contributed by atoms with van der Waals surface area (Å²) in [7, 11) is 0. The zero-order valence-corrected chi connectivity index (χ0v) is 9.60. The number of benzene rings is 1. The van der Waals surface area contributed by atoms with Crippen molar-refractivity contribution in [3.8, 4) is 17.0 Å². The van der Waals surface area contributed by atoms with E-state index in [1.807, 2.05) is 30.3 Å². The van der Waals surface area contributed by atoms with E-state index in [1.165, 1.54) is 0 Å². The Labute approximate surface area is 102 Å². The topological polar surface area (TPSA) is 75.0 Å². The highest BCUT2D eigenvalue weighted by Crippen LogP contribution is 2.30. The number of hydrogen-bond donors (Lipinski definition) is 2. The predicted octanol–water partition coefficient (Wildman–Crippen LogP) is 1.27. The molecule has 5 nitrogen and oxygen atoms in total. The van der Waals surface area contributed by atoms with Gasteiger partial charge in [0, 0.05) is 0 Å². The molecule has 1 aromatic heterocycles. The highest BCUT2D eigenvalue weighted by molar-refractivity contribution is 5.67. The number of hydrogen-bond acceptors (Lipinski definition) is 3. The van der Waals surface area contributed by atoms with Gasteiger partial charge in [-0.05, 0) is 18.4 Å². The van der Waals surface area contributed by atoms with E-state index in [4.69, 9.17) is 4.74 Å². The third-order valence-electron chi connectivity index (χ3n) is 2.78. The number of rotatable bonds is 3. The fourth-order valence-corrected chi connectivity index (χ4v) is 1.77. The molecule has 1 aliphatic rings. The van der Waals surface area contributed by atoms with Crippen LogP contribution in [0.3, 0.4) is 0 Å². The van der Waals surface area contributed by atoms with Crippen LogP contribution < -0.4 is 16.0 Å². The highest BCUT2D eigenvalue weighted by atomic mass is 16.5. The van der Waals surface area contributed by atoms with Crippen molar-refractivity contribution < 1.29 is 4.74 Å². The summed E-state index contributed by atoms with van der Waals surface area (Å²) < 4.78 is 5.60. The minimum absolute atomic E-state index is 0.116. The SMILES string of the molecule is O=c1[nH]c(OC2CC2)c(-c2ccccc2)c(=O)[nH]1. The van der Waals surface area contributed by atoms with Crippen molar-refractivity contribution in [2.24, 2.45) is 0 Å². The van der Waals surface area contributed by atoms with Crippen molar-refractivity contribution >= 4 is 0 Å². The fraction of sp³-hybridized carbons (Fsp3) is 0.231. The molecule has 1 aliphatic carbocycles. The second-order valence-corrected chi connectivity index (χ2v) is 4.30. The fourth-order valence-electron chi connectivity index (χ4n) is 1.77. The van der Waals surface area contributed by atoms with E-state index >= 15 is 0 Å². The average molecular weight is 244 g/mol. The third kappa shape index (κ3) is 2.07. The molecule has 0 unspecified atom stereocenters. The van der Waals surface area contributed by atoms with E-state index in [2.05, 4.69) is 9.97 Å². The van der Waals surface area contributed by atoms with Gasteiger partial charge in [-0.2, -0.15) is 0 Å². The van der Waals surface area contributed by atoms with Crippen LogP contribution in [0.25, 0.3) is 11.1 Å². The molecule has 3 rings (SSSR count). The van der Waals surface area contributed by atoms with Gasteiger partial charge in [0.2, 0.25) is 5.88 Å². The Balaban J connectivity index is 2.16. The van der Waals surface area contributed by atoms with Crippen LogP contribution in [0.4, 0.5) is 0 Å². The minimum Gasteiger partial charge on any atom is -0.475 e. The van der Waals surface area contributed by atoms with E-state index in [9.17, 15) is 9.59 Å². The Bertz CT molecular complexity index is 669. The lowest BCUT2D eigenvalue weighted by atomic mass is 10.1. The lowest BCUT2D eigenvalue weighted by Crippen LogP contribution is -2.25. The number of ether oxygens (including phenoxy) is 1. The first-order chi connectivity index (χ1) is 8.74. The maximum atomic E-state index is 11.9. The second kappa shape index (κ2) is 4.18. The van der Waals surface area contributed by atoms with Gasteiger partial charge in [0.15, 0.2) is 0 Å². The zero-order chi connectivity index (χ0) is 12.5. The summed E-state index contributed by atoms with van der Waals surface area (Å²) in [5, 5.41) is 0. The molecule has 1 fully saturated rings. The molecule has 0 aliphatic heterocycles. The summed E-state index contributed by atoms with van der Waals surface area (Å²) in [6.45, 7) is 0. The molecular weight excluding hydrogens is 232 g/mol. The van der Waals surface area contributed by atoms with Gasteiger partial charge in [0.1, 0.15) is 11.7 Å². The number of aromatic amines is 2. The van der Waals surface area contributed by atoms with Gasteiger partial charge < -0.3 is 4.74 Å². The molecule has 1 saturated carbocycles. The second-order valence-electron chi connectivity index (χ2n) is 4.30. The smallest absolute Gasteiger partial charge is 0.328 e. The molecular formula is C13H12N2O3. The lowest BCUT2D eigenvalue weighted by Gasteiger charge is -2.08. The van der Waals surface area contributed by atoms with E-state index < -0.39 is 11.2 Å². The maximum Gasteiger partial charge on any atom is 0.328 e. The van der Waals surface area contributed by atoms with Crippen LogP contribution in [0.2, 0.25) is 0 Å². The van der Waals surface area contributed by atoms with Crippen LogP contribution >= 0.6 is 0 Å². The average Bonchev–Trinajstić information content (AvgIpc) is 3.13. The molecule has 0 radical (unpaired) electrons. The molecule has 0 spiro atoms. The quantitative estimate of drug-likeness (QED) is 0.853. The molecule has 92 valence electrons. The highest BCUT2D eigenvalue weighted by Gasteiger charge is 2.26. The molecule has 0 atom stereocenters. The van der Waals surface area contributed by atoms with E-state index in [0.717, 1.165) is 18.4 Å². The molecule has 2 N–H and O–H groups in total. The normalized spacial score (nSPS) is 14.4. The van der Waals surface area contributed by atoms with Crippen molar-refractivity contribution in [3.05, 3.63) is 51.2 Å². The Morgan fingerprint density at radius 1 is 1.06 bits per heavy atom. The van der Waals surface area contributed by atoms with Gasteiger partial charge in [0.05, 0.1) is 0 Å². The number of aromatic nitrogens is 2. The molecule has 1 heterocycles. The first-order valence-corrected chi connectivity index (χ1v) is 5.83. The first-order valence-electron chi connectivity index (χ1n) is 5.83.